The Bertz CT molecular complexity index is 1740. The Morgan fingerprint density at radius 2 is 1.18 bits per heavy atom. The molecule has 0 bridgehead atoms. The van der Waals surface area contributed by atoms with Gasteiger partial charge in [0, 0.05) is 19.3 Å². The molecule has 0 aromatic heterocycles. The molecule has 7 amide bonds. The van der Waals surface area contributed by atoms with Crippen LogP contribution >= 0.6 is 0 Å². The average Bonchev–Trinajstić information content (AvgIpc) is 3.16. The molecule has 0 saturated heterocycles. The minimum atomic E-state index is -1.65. The fourth-order valence-corrected chi connectivity index (χ4v) is 6.03. The predicted octanol–water partition coefficient (Wildman–Crippen LogP) is -0.495. The van der Waals surface area contributed by atoms with E-state index in [9.17, 15) is 58.2 Å². The predicted molar refractivity (Wildman–Crippen MR) is 220 cm³/mol. The number of unbranched alkanes of at least 4 members (excludes halogenated alkanes) is 1. The third kappa shape index (κ3) is 19.3. The van der Waals surface area contributed by atoms with Crippen molar-refractivity contribution >= 4 is 59.1 Å². The molecule has 11 N–H and O–H groups in total. The molecule has 1 aromatic carbocycles. The Hall–Kier alpha value is -5.92. The lowest BCUT2D eigenvalue weighted by Gasteiger charge is -2.34. The summed E-state index contributed by atoms with van der Waals surface area (Å²) in [5.74, 6) is -10.4. The fourth-order valence-electron chi connectivity index (χ4n) is 6.03. The molecule has 0 spiro atoms. The molecular weight excluding hydrogens is 798 g/mol. The van der Waals surface area contributed by atoms with Crippen LogP contribution in [0.25, 0.3) is 0 Å². The number of amides is 7. The van der Waals surface area contributed by atoms with E-state index in [1.807, 2.05) is 6.92 Å². The number of carboxylic acids is 2. The summed E-state index contributed by atoms with van der Waals surface area (Å²) in [4.78, 5) is 128. The molecule has 6 atom stereocenters. The van der Waals surface area contributed by atoms with Gasteiger partial charge in [-0.05, 0) is 48.6 Å². The highest BCUT2D eigenvalue weighted by molar-refractivity contribution is 6.37. The third-order valence-electron chi connectivity index (χ3n) is 9.48. The largest absolute Gasteiger partial charge is 0.481 e. The Balaban J connectivity index is 3.53. The number of primary amides is 1. The second-order valence-electron chi connectivity index (χ2n) is 16.3. The van der Waals surface area contributed by atoms with Crippen molar-refractivity contribution in [1.82, 2.24) is 31.9 Å². The number of hydrogen-bond donors (Lipinski definition) is 10. The van der Waals surface area contributed by atoms with Gasteiger partial charge in [-0.15, -0.1) is 0 Å². The Morgan fingerprint density at radius 3 is 1.70 bits per heavy atom. The summed E-state index contributed by atoms with van der Waals surface area (Å²) in [6.07, 6.45) is -0.966. The third-order valence-corrected chi connectivity index (χ3v) is 9.48. The van der Waals surface area contributed by atoms with Crippen molar-refractivity contribution in [2.45, 2.75) is 143 Å². The maximum absolute atomic E-state index is 14.3. The van der Waals surface area contributed by atoms with E-state index in [4.69, 9.17) is 10.8 Å². The van der Waals surface area contributed by atoms with Gasteiger partial charge in [-0.2, -0.15) is 0 Å². The second kappa shape index (κ2) is 25.6. The fraction of sp³-hybridized carbons (Fsp3) is 0.610. The van der Waals surface area contributed by atoms with Crippen LogP contribution in [-0.2, 0) is 54.4 Å². The molecule has 340 valence electrons. The molecule has 61 heavy (non-hydrogen) atoms. The number of nitrogens with two attached hydrogens (primary N) is 1. The number of rotatable bonds is 27. The van der Waals surface area contributed by atoms with Gasteiger partial charge in [-0.25, -0.2) is 0 Å². The van der Waals surface area contributed by atoms with Crippen molar-refractivity contribution in [3.63, 3.8) is 0 Å². The Labute approximate surface area is 355 Å². The van der Waals surface area contributed by atoms with Crippen LogP contribution in [0.1, 0.15) is 104 Å². The minimum absolute atomic E-state index is 0.103. The van der Waals surface area contributed by atoms with Crippen LogP contribution < -0.4 is 37.6 Å². The van der Waals surface area contributed by atoms with Crippen LogP contribution in [0.4, 0.5) is 0 Å². The Kier molecular flexibility index (Phi) is 22.3. The van der Waals surface area contributed by atoms with Gasteiger partial charge in [0.15, 0.2) is 0 Å². The van der Waals surface area contributed by atoms with Crippen molar-refractivity contribution in [3.8, 4) is 0 Å². The number of aliphatic carboxylic acids is 2. The number of ketones is 1. The quantitative estimate of drug-likeness (QED) is 0.0500. The van der Waals surface area contributed by atoms with E-state index < -0.39 is 133 Å². The first-order valence-electron chi connectivity index (χ1n) is 20.1. The number of hydrogen-bond acceptors (Lipinski definition) is 11. The molecule has 0 heterocycles. The molecule has 0 radical (unpaired) electrons. The first-order valence-corrected chi connectivity index (χ1v) is 20.1. The van der Waals surface area contributed by atoms with Crippen LogP contribution in [0.2, 0.25) is 0 Å². The lowest BCUT2D eigenvalue weighted by Crippen LogP contribution is -2.62. The van der Waals surface area contributed by atoms with Gasteiger partial charge in [0.2, 0.25) is 41.2 Å². The zero-order valence-corrected chi connectivity index (χ0v) is 35.9. The van der Waals surface area contributed by atoms with Crippen molar-refractivity contribution in [2.24, 2.45) is 17.1 Å². The number of Topliss-reactive ketones (excluding diaryl/α,β-unsaturated/α-hetero) is 1. The highest BCUT2D eigenvalue weighted by atomic mass is 16.4. The van der Waals surface area contributed by atoms with Crippen molar-refractivity contribution in [2.75, 3.05) is 6.61 Å². The van der Waals surface area contributed by atoms with Gasteiger partial charge in [-0.1, -0.05) is 78.6 Å². The Morgan fingerprint density at radius 1 is 0.656 bits per heavy atom. The van der Waals surface area contributed by atoms with Crippen LogP contribution in [0.5, 0.6) is 0 Å². The van der Waals surface area contributed by atoms with E-state index >= 15 is 0 Å². The summed E-state index contributed by atoms with van der Waals surface area (Å²) in [7, 11) is 0. The first-order chi connectivity index (χ1) is 28.4. The van der Waals surface area contributed by atoms with E-state index in [0.29, 0.717) is 18.4 Å². The molecule has 0 aliphatic carbocycles. The molecule has 1 aromatic rings. The van der Waals surface area contributed by atoms with Crippen LogP contribution in [0.15, 0.2) is 24.3 Å². The maximum atomic E-state index is 14.3. The van der Waals surface area contributed by atoms with E-state index in [0.717, 1.165) is 5.56 Å². The summed E-state index contributed by atoms with van der Waals surface area (Å²) in [5.41, 5.74) is 5.54. The number of nitrogens with one attached hydrogen (secondary N) is 6. The standard InChI is InChI=1S/C41H63N7O13/c1-8-9-14-25(33(55)35(42)56)44-37(58)27(19-22(2)3)47-40(61)34(41(5,6)7)48-38(59)28(20-24-13-11-10-12-23(24)4)46-36(57)26(15-17-31(51)52)45-39(60)29(21-49)43-30(50)16-18-32(53)54/h10-13,22,25-29,34,49H,8-9,14-21H2,1-7H3,(H2,42,56)(H,43,50)(H,44,58)(H,45,60)(H,46,57)(H,47,61)(H,48,59)(H,51,52)(H,53,54)/t25?,26-,27-,28-,29-,34+/m0/s1. The lowest BCUT2D eigenvalue weighted by atomic mass is 9.85. The van der Waals surface area contributed by atoms with Gasteiger partial charge >= 0.3 is 11.9 Å². The average molecular weight is 862 g/mol. The number of carbonyl (C=O) groups excluding carboxylic acids is 8. The lowest BCUT2D eigenvalue weighted by molar-refractivity contribution is -0.140. The molecule has 1 unspecified atom stereocenters. The number of carboxylic acid groups (broad SMARTS) is 2. The van der Waals surface area contributed by atoms with Crippen molar-refractivity contribution in [1.29, 1.82) is 0 Å². The number of aliphatic hydroxyl groups excluding tert-OH is 1. The van der Waals surface area contributed by atoms with E-state index in [1.54, 1.807) is 65.8 Å². The smallest absolute Gasteiger partial charge is 0.303 e. The zero-order chi connectivity index (χ0) is 46.6. The molecule has 20 nitrogen and oxygen atoms in total. The maximum Gasteiger partial charge on any atom is 0.303 e. The highest BCUT2D eigenvalue weighted by Gasteiger charge is 2.38. The molecule has 1 rings (SSSR count). The number of carbonyl (C=O) groups is 10. The van der Waals surface area contributed by atoms with Gasteiger partial charge in [0.1, 0.15) is 30.2 Å². The van der Waals surface area contributed by atoms with E-state index in [-0.39, 0.29) is 25.2 Å². The normalized spacial score (nSPS) is 14.2. The molecule has 20 heteroatoms. The van der Waals surface area contributed by atoms with Gasteiger partial charge in [0.25, 0.3) is 5.91 Å². The van der Waals surface area contributed by atoms with Crippen molar-refractivity contribution in [3.05, 3.63) is 35.4 Å². The molecule has 0 saturated carbocycles. The van der Waals surface area contributed by atoms with Crippen LogP contribution in [-0.4, -0.2) is 117 Å². The topological polar surface area (TPSA) is 330 Å². The summed E-state index contributed by atoms with van der Waals surface area (Å²) in [6.45, 7) is 11.2. The minimum Gasteiger partial charge on any atom is -0.481 e. The van der Waals surface area contributed by atoms with E-state index in [1.165, 1.54) is 0 Å². The summed E-state index contributed by atoms with van der Waals surface area (Å²) in [5, 5.41) is 43.0. The monoisotopic (exact) mass is 861 g/mol. The number of aliphatic hydroxyl groups is 1. The number of benzene rings is 1. The molecule has 0 aliphatic rings. The van der Waals surface area contributed by atoms with Crippen LogP contribution in [0.3, 0.4) is 0 Å². The summed E-state index contributed by atoms with van der Waals surface area (Å²) < 4.78 is 0. The highest BCUT2D eigenvalue weighted by Crippen LogP contribution is 2.21. The molecule has 0 aliphatic heterocycles. The van der Waals surface area contributed by atoms with Crippen molar-refractivity contribution < 1.29 is 63.3 Å². The zero-order valence-electron chi connectivity index (χ0n) is 35.9. The SMILES string of the molecule is CCCCC(NC(=O)[C@H](CC(C)C)NC(=O)[C@@H](NC(=O)[C@H](Cc1ccccc1C)NC(=O)[C@H](CCC(=O)O)NC(=O)[C@H](CO)NC(=O)CCC(=O)O)C(C)(C)C)C(=O)C(N)=O. The number of aryl methyl sites for hydroxylation is 1. The first kappa shape index (κ1) is 53.1. The van der Waals surface area contributed by atoms with E-state index in [2.05, 4.69) is 31.9 Å². The van der Waals surface area contributed by atoms with Crippen LogP contribution in [0, 0.1) is 18.3 Å². The molecular formula is C41H63N7O13. The second-order valence-corrected chi connectivity index (χ2v) is 16.3. The molecule has 0 fully saturated rings. The van der Waals surface area contributed by atoms with Gasteiger partial charge < -0.3 is 53.0 Å². The van der Waals surface area contributed by atoms with Gasteiger partial charge in [0.05, 0.1) is 19.1 Å². The summed E-state index contributed by atoms with van der Waals surface area (Å²) >= 11 is 0. The summed E-state index contributed by atoms with van der Waals surface area (Å²) in [6, 6.07) is -1.60. The van der Waals surface area contributed by atoms with Gasteiger partial charge in [-0.3, -0.25) is 47.9 Å².